The molecule has 0 unspecified atom stereocenters. The third-order valence-electron chi connectivity index (χ3n) is 5.47. The third kappa shape index (κ3) is 3.45. The summed E-state index contributed by atoms with van der Waals surface area (Å²) in [6, 6.07) is 14.9. The number of esters is 1. The fraction of sp³-hybridized carbons (Fsp3) is 0.174. The minimum atomic E-state index is -0.669. The van der Waals surface area contributed by atoms with E-state index in [0.29, 0.717) is 5.02 Å². The molecule has 1 atom stereocenters. The van der Waals surface area contributed by atoms with E-state index in [1.807, 2.05) is 35.3 Å². The first kappa shape index (κ1) is 20.7. The van der Waals surface area contributed by atoms with Crippen molar-refractivity contribution in [3.8, 4) is 5.75 Å². The molecule has 7 nitrogen and oxygen atoms in total. The molecule has 0 radical (unpaired) electrons. The van der Waals surface area contributed by atoms with Gasteiger partial charge in [0.05, 0.1) is 6.04 Å². The number of hydrogen-bond acceptors (Lipinski definition) is 6. The maximum absolute atomic E-state index is 12.8. The Morgan fingerprint density at radius 2 is 1.97 bits per heavy atom. The Hall–Kier alpha value is -3.23. The molecule has 5 rings (SSSR count). The number of amides is 1. The number of carbonyl (C=O) groups excluding carboxylic acids is 2. The zero-order chi connectivity index (χ0) is 22.4. The lowest BCUT2D eigenvalue weighted by molar-refractivity contribution is -0.132. The molecule has 0 saturated carbocycles. The van der Waals surface area contributed by atoms with Crippen molar-refractivity contribution < 1.29 is 14.3 Å². The molecule has 0 saturated heterocycles. The van der Waals surface area contributed by atoms with E-state index in [1.54, 1.807) is 22.6 Å². The summed E-state index contributed by atoms with van der Waals surface area (Å²) in [6.45, 7) is 1.39. The molecule has 162 valence electrons. The van der Waals surface area contributed by atoms with Crippen molar-refractivity contribution in [2.75, 3.05) is 11.7 Å². The first-order valence-corrected chi connectivity index (χ1v) is 11.3. The molecule has 1 amide bonds. The summed E-state index contributed by atoms with van der Waals surface area (Å²) in [5, 5.41) is 5.42. The number of halogens is 1. The van der Waals surface area contributed by atoms with E-state index in [9.17, 15) is 14.4 Å². The molecule has 0 bridgehead atoms. The van der Waals surface area contributed by atoms with Crippen LogP contribution in [0.2, 0.25) is 5.02 Å². The molecule has 2 aliphatic heterocycles. The number of nitrogens with zero attached hydrogens (tertiary/aromatic N) is 2. The van der Waals surface area contributed by atoms with Crippen molar-refractivity contribution in [3.63, 3.8) is 0 Å². The number of aromatic nitrogens is 1. The third-order valence-corrected chi connectivity index (χ3v) is 6.84. The topological polar surface area (TPSA) is 80.6 Å². The van der Waals surface area contributed by atoms with Gasteiger partial charge < -0.3 is 10.1 Å². The maximum Gasteiger partial charge on any atom is 0.308 e. The molecule has 32 heavy (non-hydrogen) atoms. The lowest BCUT2D eigenvalue weighted by atomic mass is 9.94. The number of benzene rings is 2. The monoisotopic (exact) mass is 467 g/mol. The molecule has 9 heteroatoms. The first-order valence-electron chi connectivity index (χ1n) is 9.93. The minimum Gasteiger partial charge on any atom is -0.420 e. The molecule has 0 spiro atoms. The highest BCUT2D eigenvalue weighted by molar-refractivity contribution is 7.98. The average molecular weight is 468 g/mol. The van der Waals surface area contributed by atoms with Crippen LogP contribution in [-0.4, -0.2) is 23.2 Å². The van der Waals surface area contributed by atoms with Gasteiger partial charge >= 0.3 is 5.97 Å². The second-order valence-electron chi connectivity index (χ2n) is 7.47. The Morgan fingerprint density at radius 1 is 1.16 bits per heavy atom. The molecular weight excluding hydrogens is 450 g/mol. The van der Waals surface area contributed by atoms with Crippen molar-refractivity contribution in [1.29, 1.82) is 0 Å². The maximum atomic E-state index is 12.8. The molecule has 2 aliphatic rings. The summed E-state index contributed by atoms with van der Waals surface area (Å²) in [7, 11) is 0. The van der Waals surface area contributed by atoms with Gasteiger partial charge in [0, 0.05) is 34.9 Å². The Morgan fingerprint density at radius 3 is 2.78 bits per heavy atom. The van der Waals surface area contributed by atoms with Gasteiger partial charge in [0.15, 0.2) is 5.69 Å². The van der Waals surface area contributed by atoms with Crippen LogP contribution in [0.25, 0.3) is 0 Å². The fourth-order valence-corrected chi connectivity index (χ4v) is 5.43. The van der Waals surface area contributed by atoms with Crippen molar-refractivity contribution in [2.45, 2.75) is 23.6 Å². The number of hydrogen-bond donors (Lipinski definition) is 1. The standard InChI is InChI=1S/C23H18ClN3O4S/c1-13(28)31-22-18(29)8-9-26-21(22)23(30)25-12-27(26)20-16-7-6-15(24)10-14(16)11-32-19-5-3-2-4-17(19)20/h2-10,20H,11-12H2,1H3,(H,25,30)/t20-/m1/s1. The number of thioether (sulfide) groups is 1. The number of nitrogens with one attached hydrogen (secondary N) is 1. The van der Waals surface area contributed by atoms with E-state index in [2.05, 4.69) is 17.4 Å². The van der Waals surface area contributed by atoms with Crippen LogP contribution in [0, 0.1) is 0 Å². The van der Waals surface area contributed by atoms with Crippen molar-refractivity contribution >= 4 is 35.2 Å². The van der Waals surface area contributed by atoms with Gasteiger partial charge in [0.2, 0.25) is 11.2 Å². The van der Waals surface area contributed by atoms with Gasteiger partial charge in [-0.05, 0) is 34.9 Å². The van der Waals surface area contributed by atoms with E-state index in [0.717, 1.165) is 27.3 Å². The quantitative estimate of drug-likeness (QED) is 0.581. The summed E-state index contributed by atoms with van der Waals surface area (Å²) in [5.74, 6) is -0.686. The number of pyridine rings is 1. The van der Waals surface area contributed by atoms with Gasteiger partial charge in [0.25, 0.3) is 5.91 Å². The lowest BCUT2D eigenvalue weighted by Crippen LogP contribution is -2.54. The zero-order valence-corrected chi connectivity index (χ0v) is 18.6. The lowest BCUT2D eigenvalue weighted by Gasteiger charge is -2.40. The normalized spacial score (nSPS) is 16.9. The van der Waals surface area contributed by atoms with Gasteiger partial charge in [-0.2, -0.15) is 0 Å². The molecule has 3 aromatic rings. The molecule has 0 fully saturated rings. The van der Waals surface area contributed by atoms with Crippen LogP contribution in [0.1, 0.15) is 40.1 Å². The van der Waals surface area contributed by atoms with Crippen molar-refractivity contribution in [1.82, 2.24) is 9.99 Å². The Kier molecular flexibility index (Phi) is 5.19. The van der Waals surface area contributed by atoms with Crippen LogP contribution in [0.4, 0.5) is 0 Å². The summed E-state index contributed by atoms with van der Waals surface area (Å²) < 4.78 is 6.75. The van der Waals surface area contributed by atoms with E-state index in [4.69, 9.17) is 16.3 Å². The van der Waals surface area contributed by atoms with E-state index in [-0.39, 0.29) is 24.2 Å². The van der Waals surface area contributed by atoms with Crippen LogP contribution < -0.4 is 20.5 Å². The SMILES string of the molecule is CC(=O)Oc1c2n(ccc1=O)N([C@@H]1c3ccc(Cl)cc3CSc3ccccc31)CNC2=O. The Balaban J connectivity index is 1.75. The van der Waals surface area contributed by atoms with Gasteiger partial charge in [0.1, 0.15) is 6.67 Å². The number of rotatable bonds is 2. The second kappa shape index (κ2) is 8.03. The molecule has 2 aromatic carbocycles. The van der Waals surface area contributed by atoms with E-state index in [1.165, 1.54) is 13.0 Å². The number of carbonyl (C=O) groups is 2. The van der Waals surface area contributed by atoms with E-state index < -0.39 is 17.3 Å². The fourth-order valence-electron chi connectivity index (χ4n) is 4.15. The van der Waals surface area contributed by atoms with Gasteiger partial charge in [-0.1, -0.05) is 35.9 Å². The summed E-state index contributed by atoms with van der Waals surface area (Å²) >= 11 is 8.02. The highest BCUT2D eigenvalue weighted by Gasteiger charge is 2.35. The molecule has 1 N–H and O–H groups in total. The van der Waals surface area contributed by atoms with Crippen LogP contribution in [0.5, 0.6) is 5.75 Å². The molecular formula is C23H18ClN3O4S. The minimum absolute atomic E-state index is 0.0103. The van der Waals surface area contributed by atoms with Crippen LogP contribution in [0.15, 0.2) is 64.4 Å². The zero-order valence-electron chi connectivity index (χ0n) is 17.0. The second-order valence-corrected chi connectivity index (χ2v) is 8.93. The predicted octanol–water partition coefficient (Wildman–Crippen LogP) is 3.46. The van der Waals surface area contributed by atoms with Gasteiger partial charge in [-0.3, -0.25) is 24.1 Å². The van der Waals surface area contributed by atoms with Crippen LogP contribution in [0.3, 0.4) is 0 Å². The van der Waals surface area contributed by atoms with Crippen molar-refractivity contribution in [2.24, 2.45) is 0 Å². The average Bonchev–Trinajstić information content (AvgIpc) is 2.92. The van der Waals surface area contributed by atoms with Gasteiger partial charge in [-0.25, -0.2) is 0 Å². The number of fused-ring (bicyclic) bond motifs is 3. The Labute approximate surface area is 192 Å². The highest BCUT2D eigenvalue weighted by Crippen LogP contribution is 2.43. The molecule has 0 aliphatic carbocycles. The largest absolute Gasteiger partial charge is 0.420 e. The van der Waals surface area contributed by atoms with Gasteiger partial charge in [-0.15, -0.1) is 11.8 Å². The molecule has 3 heterocycles. The first-order chi connectivity index (χ1) is 15.4. The van der Waals surface area contributed by atoms with Crippen LogP contribution in [-0.2, 0) is 10.5 Å². The molecule has 1 aromatic heterocycles. The number of ether oxygens (including phenoxy) is 1. The summed E-state index contributed by atoms with van der Waals surface area (Å²) in [4.78, 5) is 37.9. The van der Waals surface area contributed by atoms with Crippen molar-refractivity contribution in [3.05, 3.63) is 92.4 Å². The smallest absolute Gasteiger partial charge is 0.308 e. The Bertz CT molecular complexity index is 1320. The predicted molar refractivity (Wildman–Crippen MR) is 122 cm³/mol. The highest BCUT2D eigenvalue weighted by atomic mass is 35.5. The van der Waals surface area contributed by atoms with Crippen LogP contribution >= 0.6 is 23.4 Å². The van der Waals surface area contributed by atoms with E-state index >= 15 is 0 Å². The summed E-state index contributed by atoms with van der Waals surface area (Å²) in [5.41, 5.74) is 2.65. The summed E-state index contributed by atoms with van der Waals surface area (Å²) in [6.07, 6.45) is 1.54.